The van der Waals surface area contributed by atoms with Crippen LogP contribution in [0.4, 0.5) is 4.79 Å². The summed E-state index contributed by atoms with van der Waals surface area (Å²) in [6, 6.07) is 23.1. The molecule has 1 aromatic heterocycles. The Kier molecular flexibility index (Phi) is 6.40. The number of hydrogen-bond donors (Lipinski definition) is 4. The lowest BCUT2D eigenvalue weighted by Gasteiger charge is -2.34. The maximum Gasteiger partial charge on any atom is 0.330 e. The summed E-state index contributed by atoms with van der Waals surface area (Å²) < 4.78 is 0. The normalized spacial score (nSPS) is 15.6. The molecule has 0 fully saturated rings. The standard InChI is InChI=1S/C29H29N5O3/c1-17(2)16-23(27(35)32-33-29(30)37)34-26(19-12-6-7-13-20(19)28(34)36)24-21-14-8-9-15-22(21)31-25(24)18-10-4-3-5-11-18/h3-15,17,23,26,31H,16H2,1-2H3,(H,32,35)(H3,30,33,37). The number of aromatic nitrogens is 1. The van der Waals surface area contributed by atoms with E-state index >= 15 is 0 Å². The van der Waals surface area contributed by atoms with Gasteiger partial charge in [0.2, 0.25) is 0 Å². The third kappa shape index (κ3) is 4.42. The van der Waals surface area contributed by atoms with Gasteiger partial charge in [-0.25, -0.2) is 10.2 Å². The number of hydrazine groups is 1. The predicted octanol–water partition coefficient (Wildman–Crippen LogP) is 4.49. The zero-order valence-electron chi connectivity index (χ0n) is 20.7. The minimum Gasteiger partial charge on any atom is -0.354 e. The topological polar surface area (TPSA) is 120 Å². The van der Waals surface area contributed by atoms with E-state index in [1.54, 1.807) is 11.0 Å². The van der Waals surface area contributed by atoms with E-state index in [4.69, 9.17) is 5.73 Å². The molecule has 188 valence electrons. The summed E-state index contributed by atoms with van der Waals surface area (Å²) in [6.45, 7) is 3.98. The molecule has 3 aromatic carbocycles. The van der Waals surface area contributed by atoms with Crippen LogP contribution in [0, 0.1) is 5.92 Å². The lowest BCUT2D eigenvalue weighted by atomic mass is 9.91. The maximum atomic E-state index is 14.0. The molecule has 8 heteroatoms. The molecule has 1 aliphatic heterocycles. The quantitative estimate of drug-likeness (QED) is 0.295. The number of urea groups is 1. The fraction of sp³-hybridized carbons (Fsp3) is 0.207. The summed E-state index contributed by atoms with van der Waals surface area (Å²) >= 11 is 0. The molecule has 0 saturated carbocycles. The first kappa shape index (κ1) is 24.1. The van der Waals surface area contributed by atoms with Crippen LogP contribution in [0.15, 0.2) is 78.9 Å². The average Bonchev–Trinajstić information content (AvgIpc) is 3.41. The van der Waals surface area contributed by atoms with Crippen molar-refractivity contribution in [1.82, 2.24) is 20.7 Å². The third-order valence-electron chi connectivity index (χ3n) is 6.72. The molecule has 4 aromatic rings. The molecule has 0 bridgehead atoms. The van der Waals surface area contributed by atoms with Crippen LogP contribution >= 0.6 is 0 Å². The minimum atomic E-state index is -0.882. The number of nitrogens with two attached hydrogens (primary N) is 1. The summed E-state index contributed by atoms with van der Waals surface area (Å²) in [4.78, 5) is 43.9. The van der Waals surface area contributed by atoms with Crippen LogP contribution in [0.25, 0.3) is 22.2 Å². The number of aromatic amines is 1. The molecule has 1 aliphatic rings. The van der Waals surface area contributed by atoms with Crippen LogP contribution in [0.1, 0.15) is 47.8 Å². The Labute approximate surface area is 214 Å². The van der Waals surface area contributed by atoms with Crippen LogP contribution in [-0.2, 0) is 4.79 Å². The summed E-state index contributed by atoms with van der Waals surface area (Å²) in [5.74, 6) is -0.637. The van der Waals surface area contributed by atoms with Crippen molar-refractivity contribution in [3.05, 3.63) is 95.6 Å². The number of carbonyl (C=O) groups excluding carboxylic acids is 3. The molecule has 0 aliphatic carbocycles. The second-order valence-electron chi connectivity index (χ2n) is 9.65. The number of amides is 4. The molecule has 5 N–H and O–H groups in total. The van der Waals surface area contributed by atoms with E-state index in [0.29, 0.717) is 12.0 Å². The van der Waals surface area contributed by atoms with Gasteiger partial charge in [-0.05, 0) is 35.6 Å². The first-order valence-corrected chi connectivity index (χ1v) is 12.3. The van der Waals surface area contributed by atoms with Gasteiger partial charge in [-0.3, -0.25) is 15.0 Å². The SMILES string of the molecule is CC(C)CC(C(=O)NNC(N)=O)N1C(=O)c2ccccc2C1c1c(-c2ccccc2)[nH]c2ccccc12. The second-order valence-corrected chi connectivity index (χ2v) is 9.65. The molecular formula is C29H29N5O3. The fourth-order valence-corrected chi connectivity index (χ4v) is 5.23. The Morgan fingerprint density at radius 3 is 2.35 bits per heavy atom. The highest BCUT2D eigenvalue weighted by molar-refractivity contribution is 6.04. The van der Waals surface area contributed by atoms with Crippen LogP contribution in [0.3, 0.4) is 0 Å². The summed E-state index contributed by atoms with van der Waals surface area (Å²) in [6.07, 6.45) is 0.394. The molecule has 4 amide bonds. The Morgan fingerprint density at radius 2 is 1.62 bits per heavy atom. The molecule has 37 heavy (non-hydrogen) atoms. The van der Waals surface area contributed by atoms with Gasteiger partial charge in [0, 0.05) is 22.0 Å². The number of nitrogens with zero attached hydrogens (tertiary/aromatic N) is 1. The van der Waals surface area contributed by atoms with E-state index in [1.807, 2.05) is 86.6 Å². The van der Waals surface area contributed by atoms with Crippen molar-refractivity contribution in [2.24, 2.45) is 11.7 Å². The van der Waals surface area contributed by atoms with Gasteiger partial charge in [0.15, 0.2) is 0 Å². The van der Waals surface area contributed by atoms with Crippen molar-refractivity contribution in [2.75, 3.05) is 0 Å². The molecule has 2 atom stereocenters. The number of H-pyrrole nitrogens is 1. The molecule has 0 saturated heterocycles. The largest absolute Gasteiger partial charge is 0.354 e. The average molecular weight is 496 g/mol. The van der Waals surface area contributed by atoms with Gasteiger partial charge >= 0.3 is 6.03 Å². The number of nitrogens with one attached hydrogen (secondary N) is 3. The van der Waals surface area contributed by atoms with Gasteiger partial charge in [-0.2, -0.15) is 0 Å². The number of carbonyl (C=O) groups is 3. The van der Waals surface area contributed by atoms with E-state index in [2.05, 4.69) is 15.8 Å². The fourth-order valence-electron chi connectivity index (χ4n) is 5.23. The summed E-state index contributed by atoms with van der Waals surface area (Å²) in [5, 5.41) is 0.972. The Morgan fingerprint density at radius 1 is 0.946 bits per heavy atom. The highest BCUT2D eigenvalue weighted by atomic mass is 16.2. The van der Waals surface area contributed by atoms with Crippen LogP contribution in [0.5, 0.6) is 0 Å². The number of primary amides is 1. The zero-order valence-corrected chi connectivity index (χ0v) is 20.7. The van der Waals surface area contributed by atoms with E-state index in [1.165, 1.54) is 0 Å². The van der Waals surface area contributed by atoms with Crippen molar-refractivity contribution < 1.29 is 14.4 Å². The van der Waals surface area contributed by atoms with Crippen molar-refractivity contribution in [3.8, 4) is 11.3 Å². The van der Waals surface area contributed by atoms with E-state index < -0.39 is 24.0 Å². The molecule has 2 unspecified atom stereocenters. The van der Waals surface area contributed by atoms with Crippen molar-refractivity contribution in [2.45, 2.75) is 32.4 Å². The van der Waals surface area contributed by atoms with E-state index in [9.17, 15) is 14.4 Å². The number of para-hydroxylation sites is 1. The number of benzene rings is 3. The lowest BCUT2D eigenvalue weighted by Crippen LogP contribution is -2.54. The molecule has 0 spiro atoms. The molecular weight excluding hydrogens is 466 g/mol. The third-order valence-corrected chi connectivity index (χ3v) is 6.72. The highest BCUT2D eigenvalue weighted by Crippen LogP contribution is 2.46. The number of hydrogen-bond acceptors (Lipinski definition) is 3. The lowest BCUT2D eigenvalue weighted by molar-refractivity contribution is -0.127. The van der Waals surface area contributed by atoms with Gasteiger partial charge in [0.25, 0.3) is 11.8 Å². The van der Waals surface area contributed by atoms with Crippen molar-refractivity contribution in [1.29, 1.82) is 0 Å². The highest BCUT2D eigenvalue weighted by Gasteiger charge is 2.45. The maximum absolute atomic E-state index is 14.0. The molecule has 2 heterocycles. The van der Waals surface area contributed by atoms with Crippen molar-refractivity contribution >= 4 is 28.7 Å². The summed E-state index contributed by atoms with van der Waals surface area (Å²) in [7, 11) is 0. The monoisotopic (exact) mass is 495 g/mol. The Balaban J connectivity index is 1.74. The van der Waals surface area contributed by atoms with E-state index in [-0.39, 0.29) is 11.8 Å². The first-order chi connectivity index (χ1) is 17.9. The molecule has 8 nitrogen and oxygen atoms in total. The van der Waals surface area contributed by atoms with Crippen molar-refractivity contribution in [3.63, 3.8) is 0 Å². The van der Waals surface area contributed by atoms with Gasteiger partial charge in [0.1, 0.15) is 6.04 Å². The second kappa shape index (κ2) is 9.81. The van der Waals surface area contributed by atoms with Gasteiger partial charge in [-0.15, -0.1) is 0 Å². The van der Waals surface area contributed by atoms with Gasteiger partial charge in [0.05, 0.1) is 11.7 Å². The predicted molar refractivity (Wildman–Crippen MR) is 142 cm³/mol. The van der Waals surface area contributed by atoms with Crippen LogP contribution < -0.4 is 16.6 Å². The Bertz CT molecular complexity index is 1480. The molecule has 0 radical (unpaired) electrons. The Hall–Kier alpha value is -4.59. The van der Waals surface area contributed by atoms with Crippen LogP contribution in [0.2, 0.25) is 0 Å². The number of rotatable bonds is 6. The summed E-state index contributed by atoms with van der Waals surface area (Å²) in [5.41, 5.74) is 14.9. The number of fused-ring (bicyclic) bond motifs is 2. The first-order valence-electron chi connectivity index (χ1n) is 12.3. The smallest absolute Gasteiger partial charge is 0.330 e. The van der Waals surface area contributed by atoms with Crippen LogP contribution in [-0.4, -0.2) is 33.8 Å². The molecule has 5 rings (SSSR count). The minimum absolute atomic E-state index is 0.0954. The van der Waals surface area contributed by atoms with Gasteiger partial charge in [-0.1, -0.05) is 80.6 Å². The zero-order chi connectivity index (χ0) is 26.1. The van der Waals surface area contributed by atoms with E-state index in [0.717, 1.165) is 33.3 Å². The van der Waals surface area contributed by atoms with Gasteiger partial charge < -0.3 is 15.6 Å².